The monoisotopic (exact) mass is 312 g/mol. The molecule has 0 aromatic carbocycles. The molecule has 2 N–H and O–H groups in total. The lowest BCUT2D eigenvalue weighted by Gasteiger charge is -2.20. The minimum absolute atomic E-state index is 0.0146. The van der Waals surface area contributed by atoms with Gasteiger partial charge in [0.1, 0.15) is 0 Å². The molecular formula is C18H36N2O2. The van der Waals surface area contributed by atoms with Crippen LogP contribution in [0.4, 0.5) is 0 Å². The Morgan fingerprint density at radius 3 is 2.23 bits per heavy atom. The van der Waals surface area contributed by atoms with Crippen LogP contribution in [0.1, 0.15) is 65.2 Å². The number of rotatable bonds is 15. The molecule has 4 heteroatoms. The largest absolute Gasteiger partial charge is 0.396 e. The highest BCUT2D eigenvalue weighted by Gasteiger charge is 2.02. The van der Waals surface area contributed by atoms with Crippen LogP contribution in [-0.2, 0) is 4.79 Å². The molecule has 0 aliphatic heterocycles. The van der Waals surface area contributed by atoms with Crippen molar-refractivity contribution < 1.29 is 9.90 Å². The van der Waals surface area contributed by atoms with Gasteiger partial charge in [0.15, 0.2) is 0 Å². The number of carbonyl (C=O) groups is 1. The lowest BCUT2D eigenvalue weighted by Crippen LogP contribution is -2.34. The van der Waals surface area contributed by atoms with Crippen molar-refractivity contribution >= 4 is 5.91 Å². The second-order valence-corrected chi connectivity index (χ2v) is 5.73. The fraction of sp³-hybridized carbons (Fsp3) is 0.833. The first-order valence-electron chi connectivity index (χ1n) is 9.02. The summed E-state index contributed by atoms with van der Waals surface area (Å²) in [5, 5.41) is 11.6. The summed E-state index contributed by atoms with van der Waals surface area (Å²) < 4.78 is 0. The van der Waals surface area contributed by atoms with Crippen LogP contribution in [0.3, 0.4) is 0 Å². The van der Waals surface area contributed by atoms with E-state index in [4.69, 9.17) is 5.11 Å². The summed E-state index contributed by atoms with van der Waals surface area (Å²) in [5.74, 6) is 0.0146. The van der Waals surface area contributed by atoms with Crippen molar-refractivity contribution in [3.05, 3.63) is 12.2 Å². The summed E-state index contributed by atoms with van der Waals surface area (Å²) in [6, 6.07) is 0. The zero-order chi connectivity index (χ0) is 16.5. The molecule has 0 saturated heterocycles. The normalized spacial score (nSPS) is 11.5. The molecule has 1 amide bonds. The first-order chi connectivity index (χ1) is 10.7. The number of aliphatic hydroxyl groups excluding tert-OH is 1. The number of unbranched alkanes of at least 4 members (excludes halogenated alkanes) is 6. The molecule has 0 saturated carbocycles. The SMILES string of the molecule is CC/C=C/C(=O)NCCN(CC)CCCCCCCCCO. The number of nitrogens with zero attached hydrogens (tertiary/aromatic N) is 1. The third-order valence-electron chi connectivity index (χ3n) is 3.81. The van der Waals surface area contributed by atoms with Crippen LogP contribution in [0.15, 0.2) is 12.2 Å². The van der Waals surface area contributed by atoms with Gasteiger partial charge in [0, 0.05) is 19.7 Å². The number of aliphatic hydroxyl groups is 1. The molecule has 0 unspecified atom stereocenters. The highest BCUT2D eigenvalue weighted by atomic mass is 16.2. The van der Waals surface area contributed by atoms with Gasteiger partial charge in [-0.1, -0.05) is 52.0 Å². The van der Waals surface area contributed by atoms with Gasteiger partial charge in [-0.15, -0.1) is 0 Å². The molecule has 0 heterocycles. The quantitative estimate of drug-likeness (QED) is 0.361. The maximum Gasteiger partial charge on any atom is 0.243 e. The number of allylic oxidation sites excluding steroid dienone is 1. The first-order valence-corrected chi connectivity index (χ1v) is 9.02. The zero-order valence-corrected chi connectivity index (χ0v) is 14.6. The Balaban J connectivity index is 3.51. The van der Waals surface area contributed by atoms with Gasteiger partial charge in [0.2, 0.25) is 5.91 Å². The molecule has 0 aromatic rings. The zero-order valence-electron chi connectivity index (χ0n) is 14.6. The molecule has 0 aliphatic carbocycles. The summed E-state index contributed by atoms with van der Waals surface area (Å²) in [5.41, 5.74) is 0. The summed E-state index contributed by atoms with van der Waals surface area (Å²) in [4.78, 5) is 13.8. The topological polar surface area (TPSA) is 52.6 Å². The summed E-state index contributed by atoms with van der Waals surface area (Å²) >= 11 is 0. The Labute approximate surface area is 137 Å². The molecule has 0 aromatic heterocycles. The van der Waals surface area contributed by atoms with E-state index in [2.05, 4.69) is 17.1 Å². The maximum atomic E-state index is 11.4. The number of carbonyl (C=O) groups excluding carboxylic acids is 1. The van der Waals surface area contributed by atoms with Crippen LogP contribution in [0, 0.1) is 0 Å². The van der Waals surface area contributed by atoms with Gasteiger partial charge < -0.3 is 15.3 Å². The molecule has 0 fully saturated rings. The molecule has 0 bridgehead atoms. The number of hydrogen-bond acceptors (Lipinski definition) is 3. The first kappa shape index (κ1) is 21.1. The third-order valence-corrected chi connectivity index (χ3v) is 3.81. The lowest BCUT2D eigenvalue weighted by molar-refractivity contribution is -0.116. The molecule has 22 heavy (non-hydrogen) atoms. The van der Waals surface area contributed by atoms with Crippen molar-refractivity contribution in [1.82, 2.24) is 10.2 Å². The fourth-order valence-electron chi connectivity index (χ4n) is 2.38. The fourth-order valence-corrected chi connectivity index (χ4v) is 2.38. The average molecular weight is 312 g/mol. The summed E-state index contributed by atoms with van der Waals surface area (Å²) in [6.07, 6.45) is 12.8. The Kier molecular flexibility index (Phi) is 15.8. The van der Waals surface area contributed by atoms with E-state index in [1.165, 1.54) is 32.1 Å². The molecular weight excluding hydrogens is 276 g/mol. The highest BCUT2D eigenvalue weighted by Crippen LogP contribution is 2.07. The van der Waals surface area contributed by atoms with Crippen molar-refractivity contribution in [2.24, 2.45) is 0 Å². The van der Waals surface area contributed by atoms with Crippen molar-refractivity contribution in [3.63, 3.8) is 0 Å². The van der Waals surface area contributed by atoms with Gasteiger partial charge in [0.05, 0.1) is 0 Å². The minimum Gasteiger partial charge on any atom is -0.396 e. The summed E-state index contributed by atoms with van der Waals surface area (Å²) in [6.45, 7) is 8.34. The van der Waals surface area contributed by atoms with Crippen LogP contribution < -0.4 is 5.32 Å². The van der Waals surface area contributed by atoms with Gasteiger partial charge in [0.25, 0.3) is 0 Å². The molecule has 0 atom stereocenters. The smallest absolute Gasteiger partial charge is 0.243 e. The molecule has 0 radical (unpaired) electrons. The predicted octanol–water partition coefficient (Wildman–Crippen LogP) is 3.11. The molecule has 4 nitrogen and oxygen atoms in total. The van der Waals surface area contributed by atoms with Crippen molar-refractivity contribution in [2.75, 3.05) is 32.8 Å². The number of likely N-dealkylation sites (N-methyl/N-ethyl adjacent to an activating group) is 1. The van der Waals surface area contributed by atoms with E-state index in [0.717, 1.165) is 45.4 Å². The van der Waals surface area contributed by atoms with Crippen LogP contribution >= 0.6 is 0 Å². The highest BCUT2D eigenvalue weighted by molar-refractivity contribution is 5.87. The number of hydrogen-bond donors (Lipinski definition) is 2. The molecule has 0 aliphatic rings. The Hall–Kier alpha value is -0.870. The minimum atomic E-state index is 0.0146. The predicted molar refractivity (Wildman–Crippen MR) is 94.0 cm³/mol. The molecule has 0 rings (SSSR count). The average Bonchev–Trinajstić information content (AvgIpc) is 2.53. The lowest BCUT2D eigenvalue weighted by atomic mass is 10.1. The van der Waals surface area contributed by atoms with Crippen molar-refractivity contribution in [2.45, 2.75) is 65.2 Å². The van der Waals surface area contributed by atoms with E-state index in [9.17, 15) is 4.79 Å². The van der Waals surface area contributed by atoms with Gasteiger partial charge in [-0.2, -0.15) is 0 Å². The van der Waals surface area contributed by atoms with E-state index < -0.39 is 0 Å². The van der Waals surface area contributed by atoms with E-state index >= 15 is 0 Å². The standard InChI is InChI=1S/C18H36N2O2/c1-3-5-13-18(22)19-14-16-20(4-2)15-11-9-7-6-8-10-12-17-21/h5,13,21H,3-4,6-12,14-17H2,1-2H3,(H,19,22)/b13-5+. The number of amides is 1. The van der Waals surface area contributed by atoms with Gasteiger partial charge in [-0.05, 0) is 38.4 Å². The van der Waals surface area contributed by atoms with E-state index in [-0.39, 0.29) is 5.91 Å². The van der Waals surface area contributed by atoms with Crippen molar-refractivity contribution in [3.8, 4) is 0 Å². The molecule has 0 spiro atoms. The van der Waals surface area contributed by atoms with E-state index in [0.29, 0.717) is 6.61 Å². The van der Waals surface area contributed by atoms with Crippen LogP contribution in [0.25, 0.3) is 0 Å². The maximum absolute atomic E-state index is 11.4. The Morgan fingerprint density at radius 2 is 1.64 bits per heavy atom. The third kappa shape index (κ3) is 14.1. The second-order valence-electron chi connectivity index (χ2n) is 5.73. The Bertz CT molecular complexity index is 280. The van der Waals surface area contributed by atoms with Crippen LogP contribution in [0.2, 0.25) is 0 Å². The second kappa shape index (κ2) is 16.5. The van der Waals surface area contributed by atoms with Crippen molar-refractivity contribution in [1.29, 1.82) is 0 Å². The van der Waals surface area contributed by atoms with Crippen LogP contribution in [-0.4, -0.2) is 48.7 Å². The van der Waals surface area contributed by atoms with Gasteiger partial charge in [-0.3, -0.25) is 4.79 Å². The van der Waals surface area contributed by atoms with E-state index in [1.54, 1.807) is 6.08 Å². The van der Waals surface area contributed by atoms with E-state index in [1.807, 2.05) is 13.0 Å². The van der Waals surface area contributed by atoms with Gasteiger partial charge in [-0.25, -0.2) is 0 Å². The number of nitrogens with one attached hydrogen (secondary N) is 1. The van der Waals surface area contributed by atoms with Gasteiger partial charge >= 0.3 is 0 Å². The Morgan fingerprint density at radius 1 is 1.00 bits per heavy atom. The summed E-state index contributed by atoms with van der Waals surface area (Å²) in [7, 11) is 0. The molecule has 130 valence electrons. The van der Waals surface area contributed by atoms with Crippen LogP contribution in [0.5, 0.6) is 0 Å².